The summed E-state index contributed by atoms with van der Waals surface area (Å²) in [4.78, 5) is 32.9. The number of likely N-dealkylation sites (tertiary alicyclic amines) is 1. The van der Waals surface area contributed by atoms with Gasteiger partial charge in [0.1, 0.15) is 5.82 Å². The van der Waals surface area contributed by atoms with Gasteiger partial charge in [-0.05, 0) is 18.1 Å². The largest absolute Gasteiger partial charge is 0.472 e. The first-order chi connectivity index (χ1) is 13.6. The van der Waals surface area contributed by atoms with E-state index < -0.39 is 0 Å². The molecule has 0 saturated carbocycles. The average Bonchev–Trinajstić information content (AvgIpc) is 3.34. The number of carbonyl (C=O) groups is 1. The molecule has 7 nitrogen and oxygen atoms in total. The fourth-order valence-electron chi connectivity index (χ4n) is 3.56. The van der Waals surface area contributed by atoms with Crippen molar-refractivity contribution in [3.05, 3.63) is 64.8 Å². The number of nitrogens with zero attached hydrogens (tertiary/aromatic N) is 2. The molecule has 0 radical (unpaired) electrons. The lowest BCUT2D eigenvalue weighted by molar-refractivity contribution is -0.119. The molecule has 1 aliphatic heterocycles. The van der Waals surface area contributed by atoms with Crippen LogP contribution in [0.2, 0.25) is 0 Å². The Morgan fingerprint density at radius 2 is 2.11 bits per heavy atom. The molecule has 1 amide bonds. The van der Waals surface area contributed by atoms with Crippen LogP contribution in [0.5, 0.6) is 0 Å². The van der Waals surface area contributed by atoms with Crippen LogP contribution < -0.4 is 10.9 Å². The third kappa shape index (κ3) is 4.20. The zero-order chi connectivity index (χ0) is 19.5. The predicted molar refractivity (Wildman–Crippen MR) is 105 cm³/mol. The molecule has 0 spiro atoms. The molecular formula is C21H22N4O3. The molecule has 7 heteroatoms. The number of benzene rings is 1. The monoisotopic (exact) mass is 378 g/mol. The first-order valence-electron chi connectivity index (χ1n) is 9.29. The number of rotatable bonds is 5. The highest BCUT2D eigenvalue weighted by Crippen LogP contribution is 2.21. The van der Waals surface area contributed by atoms with E-state index in [4.69, 9.17) is 4.42 Å². The van der Waals surface area contributed by atoms with Crippen LogP contribution in [0.15, 0.2) is 58.1 Å². The highest BCUT2D eigenvalue weighted by Gasteiger charge is 2.22. The Morgan fingerprint density at radius 1 is 1.29 bits per heavy atom. The number of hydrogen-bond acceptors (Lipinski definition) is 5. The maximum Gasteiger partial charge on any atom is 0.251 e. The average molecular weight is 378 g/mol. The molecule has 4 rings (SSSR count). The van der Waals surface area contributed by atoms with Gasteiger partial charge in [0.05, 0.1) is 18.2 Å². The van der Waals surface area contributed by atoms with Crippen LogP contribution in [0.25, 0.3) is 22.6 Å². The second-order valence-corrected chi connectivity index (χ2v) is 7.11. The first kappa shape index (κ1) is 18.2. The summed E-state index contributed by atoms with van der Waals surface area (Å²) in [6.07, 6.45) is 4.10. The highest BCUT2D eigenvalue weighted by atomic mass is 16.3. The quantitative estimate of drug-likeness (QED) is 0.711. The van der Waals surface area contributed by atoms with Gasteiger partial charge in [0, 0.05) is 49.8 Å². The molecular weight excluding hydrogens is 356 g/mol. The molecule has 2 N–H and O–H groups in total. The first-order valence-corrected chi connectivity index (χ1v) is 9.29. The van der Waals surface area contributed by atoms with Gasteiger partial charge >= 0.3 is 0 Å². The zero-order valence-electron chi connectivity index (χ0n) is 15.6. The van der Waals surface area contributed by atoms with Gasteiger partial charge in [0.25, 0.3) is 5.56 Å². The normalized spacial score (nSPS) is 17.0. The standard InChI is InChI=1S/C21H22N4O3/c1-14(26)22-18-6-8-25(12-18)11-15-2-4-16(5-3-15)21-23-19(10-20(27)24-21)17-7-9-28-13-17/h2-5,7,9-10,13,18H,6,8,11-12H2,1H3,(H,22,26)(H,23,24,27)/t18-/m0/s1. The van der Waals surface area contributed by atoms with Crippen molar-refractivity contribution in [2.45, 2.75) is 25.9 Å². The van der Waals surface area contributed by atoms with E-state index in [1.165, 1.54) is 11.6 Å². The van der Waals surface area contributed by atoms with E-state index in [-0.39, 0.29) is 17.5 Å². The van der Waals surface area contributed by atoms with E-state index in [1.54, 1.807) is 25.5 Å². The minimum absolute atomic E-state index is 0.0235. The van der Waals surface area contributed by atoms with Crippen LogP contribution in [-0.4, -0.2) is 39.9 Å². The number of nitrogens with one attached hydrogen (secondary N) is 2. The van der Waals surface area contributed by atoms with Gasteiger partial charge in [0.2, 0.25) is 5.91 Å². The Kier molecular flexibility index (Phi) is 5.08. The van der Waals surface area contributed by atoms with Crippen LogP contribution >= 0.6 is 0 Å². The lowest BCUT2D eigenvalue weighted by Crippen LogP contribution is -2.35. The molecule has 1 aliphatic rings. The minimum atomic E-state index is -0.202. The van der Waals surface area contributed by atoms with Crippen molar-refractivity contribution in [1.29, 1.82) is 0 Å². The van der Waals surface area contributed by atoms with Crippen molar-refractivity contribution in [2.75, 3.05) is 13.1 Å². The molecule has 2 aromatic heterocycles. The second-order valence-electron chi connectivity index (χ2n) is 7.11. The van der Waals surface area contributed by atoms with Crippen LogP contribution in [0.4, 0.5) is 0 Å². The predicted octanol–water partition coefficient (Wildman–Crippen LogP) is 2.41. The van der Waals surface area contributed by atoms with Crippen molar-refractivity contribution in [2.24, 2.45) is 0 Å². The van der Waals surface area contributed by atoms with E-state index in [2.05, 4.69) is 20.2 Å². The molecule has 144 valence electrons. The van der Waals surface area contributed by atoms with Crippen LogP contribution in [-0.2, 0) is 11.3 Å². The number of aromatic nitrogens is 2. The molecule has 3 aromatic rings. The number of H-pyrrole nitrogens is 1. The SMILES string of the molecule is CC(=O)N[C@H]1CCN(Cc2ccc(-c3nc(-c4ccoc4)cc(=O)[nH]3)cc2)C1. The molecule has 1 fully saturated rings. The maximum absolute atomic E-state index is 12.0. The summed E-state index contributed by atoms with van der Waals surface area (Å²) in [5.41, 5.74) is 3.18. The van der Waals surface area contributed by atoms with Gasteiger partial charge in [-0.2, -0.15) is 0 Å². The molecule has 1 aromatic carbocycles. The van der Waals surface area contributed by atoms with Gasteiger partial charge in [-0.1, -0.05) is 24.3 Å². The molecule has 28 heavy (non-hydrogen) atoms. The smallest absolute Gasteiger partial charge is 0.251 e. The fourth-order valence-corrected chi connectivity index (χ4v) is 3.56. The summed E-state index contributed by atoms with van der Waals surface area (Å²) in [5, 5.41) is 2.98. The molecule has 1 saturated heterocycles. The van der Waals surface area contributed by atoms with Gasteiger partial charge in [-0.25, -0.2) is 4.98 Å². The summed E-state index contributed by atoms with van der Waals surface area (Å²) in [6, 6.07) is 11.5. The summed E-state index contributed by atoms with van der Waals surface area (Å²) >= 11 is 0. The Bertz CT molecular complexity index is 1010. The third-order valence-corrected chi connectivity index (χ3v) is 4.87. The maximum atomic E-state index is 12.0. The number of furan rings is 1. The summed E-state index contributed by atoms with van der Waals surface area (Å²) in [5.74, 6) is 0.553. The topological polar surface area (TPSA) is 91.2 Å². The van der Waals surface area contributed by atoms with Gasteiger partial charge in [-0.3, -0.25) is 14.5 Å². The molecule has 0 unspecified atom stereocenters. The van der Waals surface area contributed by atoms with E-state index in [9.17, 15) is 9.59 Å². The zero-order valence-corrected chi connectivity index (χ0v) is 15.6. The molecule has 0 aliphatic carbocycles. The van der Waals surface area contributed by atoms with Crippen LogP contribution in [0, 0.1) is 0 Å². The molecule has 1 atom stereocenters. The Balaban J connectivity index is 1.47. The fraction of sp³-hybridized carbons (Fsp3) is 0.286. The summed E-state index contributed by atoms with van der Waals surface area (Å²) in [6.45, 7) is 4.22. The van der Waals surface area contributed by atoms with Crippen molar-refractivity contribution >= 4 is 5.91 Å². The lowest BCUT2D eigenvalue weighted by atomic mass is 10.1. The third-order valence-electron chi connectivity index (χ3n) is 4.87. The number of hydrogen-bond donors (Lipinski definition) is 2. The number of aromatic amines is 1. The van der Waals surface area contributed by atoms with E-state index in [0.29, 0.717) is 11.5 Å². The lowest BCUT2D eigenvalue weighted by Gasteiger charge is -2.16. The Hall–Kier alpha value is -3.19. The van der Waals surface area contributed by atoms with Crippen LogP contribution in [0.3, 0.4) is 0 Å². The van der Waals surface area contributed by atoms with Gasteiger partial charge in [0.15, 0.2) is 0 Å². The van der Waals surface area contributed by atoms with E-state index >= 15 is 0 Å². The van der Waals surface area contributed by atoms with Crippen LogP contribution in [0.1, 0.15) is 18.9 Å². The Labute approximate surface area is 162 Å². The van der Waals surface area contributed by atoms with Crippen molar-refractivity contribution in [3.8, 4) is 22.6 Å². The van der Waals surface area contributed by atoms with Gasteiger partial charge < -0.3 is 14.7 Å². The molecule has 0 bridgehead atoms. The summed E-state index contributed by atoms with van der Waals surface area (Å²) in [7, 11) is 0. The number of amides is 1. The number of carbonyl (C=O) groups excluding carboxylic acids is 1. The van der Waals surface area contributed by atoms with Gasteiger partial charge in [-0.15, -0.1) is 0 Å². The Morgan fingerprint density at radius 3 is 2.82 bits per heavy atom. The van der Waals surface area contributed by atoms with Crippen molar-refractivity contribution in [3.63, 3.8) is 0 Å². The second kappa shape index (κ2) is 7.82. The highest BCUT2D eigenvalue weighted by molar-refractivity contribution is 5.73. The van der Waals surface area contributed by atoms with E-state index in [0.717, 1.165) is 37.2 Å². The van der Waals surface area contributed by atoms with E-state index in [1.807, 2.05) is 24.3 Å². The summed E-state index contributed by atoms with van der Waals surface area (Å²) < 4.78 is 5.08. The van der Waals surface area contributed by atoms with Crippen molar-refractivity contribution < 1.29 is 9.21 Å². The molecule has 3 heterocycles. The minimum Gasteiger partial charge on any atom is -0.472 e. The van der Waals surface area contributed by atoms with Crippen molar-refractivity contribution in [1.82, 2.24) is 20.2 Å².